The molecule has 1 N–H and O–H groups in total. The van der Waals surface area contributed by atoms with Crippen LogP contribution in [-0.2, 0) is 10.0 Å². The Morgan fingerprint density at radius 1 is 1.24 bits per heavy atom. The molecule has 16 heteroatoms. The largest absolute Gasteiger partial charge is 0.479 e. The van der Waals surface area contributed by atoms with E-state index in [0.717, 1.165) is 10.6 Å². The number of sulfonamides is 1. The summed E-state index contributed by atoms with van der Waals surface area (Å²) >= 11 is 0. The summed E-state index contributed by atoms with van der Waals surface area (Å²) in [6.45, 7) is -2.91. The number of alkyl halides is 4. The summed E-state index contributed by atoms with van der Waals surface area (Å²) in [6, 6.07) is 4.32. The Bertz CT molecular complexity index is 1590. The third kappa shape index (κ3) is 4.62. The van der Waals surface area contributed by atoms with Crippen LogP contribution in [-0.4, -0.2) is 94.1 Å². The summed E-state index contributed by atoms with van der Waals surface area (Å²) in [5.41, 5.74) is 2.58. The smallest absolute Gasteiger partial charge is 0.281 e. The van der Waals surface area contributed by atoms with E-state index in [-0.39, 0.29) is 24.8 Å². The molecular weight excluding hydrogens is 532 g/mol. The number of anilines is 1. The summed E-state index contributed by atoms with van der Waals surface area (Å²) in [7, 11) is -2.38. The molecule has 4 heterocycles. The number of methoxy groups -OCH3 is 1. The van der Waals surface area contributed by atoms with Gasteiger partial charge in [-0.05, 0) is 30.2 Å². The summed E-state index contributed by atoms with van der Waals surface area (Å²) in [5.74, 6) is -3.39. The molecule has 0 radical (unpaired) electrons. The Hall–Kier alpha value is -3.53. The van der Waals surface area contributed by atoms with Gasteiger partial charge in [-0.25, -0.2) is 35.2 Å². The van der Waals surface area contributed by atoms with E-state index in [2.05, 4.69) is 25.7 Å². The van der Waals surface area contributed by atoms with Crippen LogP contribution in [0.4, 0.5) is 23.5 Å². The molecule has 1 aliphatic rings. The van der Waals surface area contributed by atoms with Crippen LogP contribution in [0.5, 0.6) is 5.88 Å². The van der Waals surface area contributed by atoms with Crippen LogP contribution in [0.15, 0.2) is 30.5 Å². The van der Waals surface area contributed by atoms with Crippen molar-refractivity contribution in [2.24, 2.45) is 0 Å². The fraction of sp³-hybridized carbons (Fsp3) is 0.455. The highest BCUT2D eigenvalue weighted by Gasteiger charge is 2.47. The molecular formula is C22H24F4N8O3S. The summed E-state index contributed by atoms with van der Waals surface area (Å²) < 4.78 is 88.4. The number of aromatic nitrogens is 6. The summed E-state index contributed by atoms with van der Waals surface area (Å²) in [5, 5.41) is 14.8. The molecule has 0 spiro atoms. The zero-order chi connectivity index (χ0) is 27.2. The molecule has 204 valence electrons. The molecule has 1 aliphatic heterocycles. The Labute approximate surface area is 214 Å². The minimum absolute atomic E-state index is 0.0707. The standard InChI is InChI=1S/C22H24F4N8O3S/c1-37-20-19-15(13-3-4-16-17(9-13)34(31-29-16)14(10-23)11-24)5-8-33(19)30-21(28-20)27-18-6-7-32(38(2,35)36)12-22(18,25)26/h3-5,8-9,14,18H,6-7,10-12H2,1-2H3,(H,27,30)/t18-/m1/s1. The number of hydrogen-bond acceptors (Lipinski definition) is 8. The number of hydrogen-bond donors (Lipinski definition) is 1. The molecule has 0 aliphatic carbocycles. The Kier molecular flexibility index (Phi) is 6.63. The van der Waals surface area contributed by atoms with Crippen molar-refractivity contribution in [3.8, 4) is 17.0 Å². The lowest BCUT2D eigenvalue weighted by Gasteiger charge is -2.37. The first kappa shape index (κ1) is 26.1. The van der Waals surface area contributed by atoms with Crippen LogP contribution in [0.1, 0.15) is 12.5 Å². The van der Waals surface area contributed by atoms with E-state index >= 15 is 0 Å². The van der Waals surface area contributed by atoms with Crippen LogP contribution in [0.3, 0.4) is 0 Å². The van der Waals surface area contributed by atoms with E-state index < -0.39 is 47.9 Å². The van der Waals surface area contributed by atoms with Gasteiger partial charge in [0.25, 0.3) is 5.92 Å². The number of halogens is 4. The van der Waals surface area contributed by atoms with Gasteiger partial charge in [-0.1, -0.05) is 11.3 Å². The predicted octanol–water partition coefficient (Wildman–Crippen LogP) is 2.71. The summed E-state index contributed by atoms with van der Waals surface area (Å²) in [4.78, 5) is 4.27. The molecule has 4 aromatic rings. The van der Waals surface area contributed by atoms with E-state index in [0.29, 0.717) is 27.7 Å². The second-order valence-electron chi connectivity index (χ2n) is 9.01. The SMILES string of the molecule is COc1nc(N[C@@H]2CCN(S(C)(=O)=O)CC2(F)F)nn2ccc(-c3ccc4nnn(C(CF)CF)c4c3)c12. The number of benzene rings is 1. The van der Waals surface area contributed by atoms with Gasteiger partial charge in [-0.3, -0.25) is 0 Å². The van der Waals surface area contributed by atoms with Gasteiger partial charge in [0.05, 0.1) is 31.5 Å². The lowest BCUT2D eigenvalue weighted by molar-refractivity contribution is -0.0541. The van der Waals surface area contributed by atoms with Gasteiger partial charge < -0.3 is 10.1 Å². The van der Waals surface area contributed by atoms with E-state index in [1.165, 1.54) is 16.3 Å². The Balaban J connectivity index is 1.49. The molecule has 1 atom stereocenters. The Morgan fingerprint density at radius 3 is 2.66 bits per heavy atom. The molecule has 0 amide bonds. The highest BCUT2D eigenvalue weighted by molar-refractivity contribution is 7.88. The Morgan fingerprint density at radius 2 is 2.00 bits per heavy atom. The first-order chi connectivity index (χ1) is 18.1. The van der Waals surface area contributed by atoms with Crippen molar-refractivity contribution >= 4 is 32.5 Å². The lowest BCUT2D eigenvalue weighted by atomic mass is 10.0. The van der Waals surface area contributed by atoms with Gasteiger partial charge >= 0.3 is 0 Å². The third-order valence-electron chi connectivity index (χ3n) is 6.49. The molecule has 1 aromatic carbocycles. The first-order valence-corrected chi connectivity index (χ1v) is 13.4. The molecule has 3 aromatic heterocycles. The highest BCUT2D eigenvalue weighted by atomic mass is 32.2. The average molecular weight is 557 g/mol. The number of nitrogens with one attached hydrogen (secondary N) is 1. The van der Waals surface area contributed by atoms with E-state index in [1.807, 2.05) is 0 Å². The second kappa shape index (κ2) is 9.65. The maximum atomic E-state index is 14.8. The van der Waals surface area contributed by atoms with Crippen molar-refractivity contribution in [3.05, 3.63) is 30.5 Å². The molecule has 0 bridgehead atoms. The van der Waals surface area contributed by atoms with Gasteiger partial charge in [0, 0.05) is 18.3 Å². The quantitative estimate of drug-likeness (QED) is 0.329. The van der Waals surface area contributed by atoms with Gasteiger partial charge in [0.1, 0.15) is 30.4 Å². The highest BCUT2D eigenvalue weighted by Crippen LogP contribution is 2.35. The topological polar surface area (TPSA) is 120 Å². The van der Waals surface area contributed by atoms with Gasteiger partial charge in [-0.15, -0.1) is 10.2 Å². The van der Waals surface area contributed by atoms with E-state index in [9.17, 15) is 26.0 Å². The van der Waals surface area contributed by atoms with Gasteiger partial charge in [0.2, 0.25) is 21.9 Å². The number of ether oxygens (including phenoxy) is 1. The molecule has 11 nitrogen and oxygen atoms in total. The number of nitrogens with zero attached hydrogens (tertiary/aromatic N) is 7. The minimum Gasteiger partial charge on any atom is -0.479 e. The molecule has 0 saturated carbocycles. The first-order valence-electron chi connectivity index (χ1n) is 11.6. The molecule has 5 rings (SSSR count). The van der Waals surface area contributed by atoms with Crippen molar-refractivity contribution in [1.82, 2.24) is 33.9 Å². The molecule has 1 saturated heterocycles. The van der Waals surface area contributed by atoms with Crippen molar-refractivity contribution < 1.29 is 30.7 Å². The summed E-state index contributed by atoms with van der Waals surface area (Å²) in [6.07, 6.45) is 2.34. The number of rotatable bonds is 8. The maximum Gasteiger partial charge on any atom is 0.281 e. The monoisotopic (exact) mass is 556 g/mol. The predicted molar refractivity (Wildman–Crippen MR) is 130 cm³/mol. The van der Waals surface area contributed by atoms with E-state index in [4.69, 9.17) is 4.74 Å². The molecule has 0 unspecified atom stereocenters. The second-order valence-corrected chi connectivity index (χ2v) is 11.0. The third-order valence-corrected chi connectivity index (χ3v) is 7.74. The van der Waals surface area contributed by atoms with Crippen molar-refractivity contribution in [1.29, 1.82) is 0 Å². The van der Waals surface area contributed by atoms with E-state index in [1.54, 1.807) is 30.5 Å². The fourth-order valence-electron chi connectivity index (χ4n) is 4.50. The van der Waals surface area contributed by atoms with Crippen LogP contribution in [0.2, 0.25) is 0 Å². The maximum absolute atomic E-state index is 14.8. The number of piperidine rings is 1. The van der Waals surface area contributed by atoms with Crippen LogP contribution < -0.4 is 10.1 Å². The average Bonchev–Trinajstić information content (AvgIpc) is 3.49. The van der Waals surface area contributed by atoms with Crippen molar-refractivity contribution in [2.75, 3.05) is 45.1 Å². The zero-order valence-electron chi connectivity index (χ0n) is 20.4. The van der Waals surface area contributed by atoms with Gasteiger partial charge in [-0.2, -0.15) is 9.29 Å². The normalized spacial score (nSPS) is 18.4. The van der Waals surface area contributed by atoms with Crippen LogP contribution >= 0.6 is 0 Å². The number of fused-ring (bicyclic) bond motifs is 2. The molecule has 1 fully saturated rings. The minimum atomic E-state index is -3.75. The van der Waals surface area contributed by atoms with Crippen LogP contribution in [0.25, 0.3) is 27.7 Å². The van der Waals surface area contributed by atoms with Crippen molar-refractivity contribution in [3.63, 3.8) is 0 Å². The van der Waals surface area contributed by atoms with Crippen molar-refractivity contribution in [2.45, 2.75) is 24.4 Å². The van der Waals surface area contributed by atoms with Gasteiger partial charge in [0.15, 0.2) is 0 Å². The molecule has 38 heavy (non-hydrogen) atoms. The lowest BCUT2D eigenvalue weighted by Crippen LogP contribution is -2.55. The zero-order valence-corrected chi connectivity index (χ0v) is 21.2. The fourth-order valence-corrected chi connectivity index (χ4v) is 5.34. The van der Waals surface area contributed by atoms with Crippen LogP contribution in [0, 0.1) is 0 Å².